The van der Waals surface area contributed by atoms with E-state index in [0.29, 0.717) is 19.7 Å². The molecule has 128 valence electrons. The summed E-state index contributed by atoms with van der Waals surface area (Å²) in [7, 11) is 1.77. The van der Waals surface area contributed by atoms with Crippen LogP contribution in [-0.4, -0.2) is 36.1 Å². The van der Waals surface area contributed by atoms with E-state index in [1.54, 1.807) is 18.1 Å². The number of unbranched alkanes of at least 4 members (excludes halogenated alkanes) is 1. The molecule has 0 unspecified atom stereocenters. The van der Waals surface area contributed by atoms with Crippen LogP contribution in [0.3, 0.4) is 0 Å². The first-order valence-electron chi connectivity index (χ1n) is 8.23. The van der Waals surface area contributed by atoms with Crippen LogP contribution in [0.5, 0.6) is 5.75 Å². The van der Waals surface area contributed by atoms with Crippen molar-refractivity contribution in [2.75, 3.05) is 20.2 Å². The number of carbonyl (C=O) groups excluding carboxylic acids is 1. The Labute approximate surface area is 143 Å². The summed E-state index contributed by atoms with van der Waals surface area (Å²) in [4.78, 5) is 17.8. The molecule has 5 nitrogen and oxygen atoms in total. The van der Waals surface area contributed by atoms with Crippen LogP contribution in [0.25, 0.3) is 0 Å². The number of urea groups is 1. The standard InChI is InChI=1S/C19H25N3O2/c1-16-8-10-18(11-9-16)24-14-6-5-13-21-19(23)22(2)15-17-7-3-4-12-20-17/h3-4,7-12H,5-6,13-15H2,1-2H3,(H,21,23). The molecule has 0 saturated heterocycles. The second-order valence-corrected chi connectivity index (χ2v) is 5.78. The largest absolute Gasteiger partial charge is 0.494 e. The van der Waals surface area contributed by atoms with Crippen LogP contribution in [0, 0.1) is 6.92 Å². The maximum Gasteiger partial charge on any atom is 0.317 e. The van der Waals surface area contributed by atoms with Crippen LogP contribution in [0.15, 0.2) is 48.7 Å². The highest BCUT2D eigenvalue weighted by Crippen LogP contribution is 2.11. The number of pyridine rings is 1. The molecular formula is C19H25N3O2. The van der Waals surface area contributed by atoms with E-state index in [1.165, 1.54) is 5.56 Å². The maximum absolute atomic E-state index is 12.0. The molecule has 0 fully saturated rings. The van der Waals surface area contributed by atoms with Crippen molar-refractivity contribution in [3.63, 3.8) is 0 Å². The van der Waals surface area contributed by atoms with Gasteiger partial charge >= 0.3 is 6.03 Å². The van der Waals surface area contributed by atoms with Crippen LogP contribution in [0.4, 0.5) is 4.79 Å². The number of carbonyl (C=O) groups is 1. The number of hydrogen-bond acceptors (Lipinski definition) is 3. The quantitative estimate of drug-likeness (QED) is 0.756. The van der Waals surface area contributed by atoms with E-state index in [9.17, 15) is 4.79 Å². The van der Waals surface area contributed by atoms with E-state index in [-0.39, 0.29) is 6.03 Å². The average molecular weight is 327 g/mol. The topological polar surface area (TPSA) is 54.5 Å². The summed E-state index contributed by atoms with van der Waals surface area (Å²) in [6.07, 6.45) is 3.52. The van der Waals surface area contributed by atoms with E-state index in [2.05, 4.69) is 17.2 Å². The minimum atomic E-state index is -0.0832. The summed E-state index contributed by atoms with van der Waals surface area (Å²) in [5, 5.41) is 2.91. The second kappa shape index (κ2) is 9.55. The molecule has 2 rings (SSSR count). The fourth-order valence-electron chi connectivity index (χ4n) is 2.19. The molecule has 0 bridgehead atoms. The molecule has 1 aromatic heterocycles. The number of aromatic nitrogens is 1. The SMILES string of the molecule is Cc1ccc(OCCCCNC(=O)N(C)Cc2ccccn2)cc1. The number of nitrogens with one attached hydrogen (secondary N) is 1. The van der Waals surface area contributed by atoms with Gasteiger partial charge in [0.25, 0.3) is 0 Å². The minimum Gasteiger partial charge on any atom is -0.494 e. The summed E-state index contributed by atoms with van der Waals surface area (Å²) in [6.45, 7) is 3.85. The lowest BCUT2D eigenvalue weighted by Crippen LogP contribution is -2.37. The molecule has 2 aromatic rings. The zero-order valence-corrected chi connectivity index (χ0v) is 14.4. The van der Waals surface area contributed by atoms with Crippen LogP contribution < -0.4 is 10.1 Å². The lowest BCUT2D eigenvalue weighted by atomic mass is 10.2. The highest BCUT2D eigenvalue weighted by Gasteiger charge is 2.08. The van der Waals surface area contributed by atoms with Gasteiger partial charge in [-0.05, 0) is 44.0 Å². The van der Waals surface area contributed by atoms with E-state index >= 15 is 0 Å². The van der Waals surface area contributed by atoms with E-state index in [4.69, 9.17) is 4.74 Å². The first-order chi connectivity index (χ1) is 11.6. The lowest BCUT2D eigenvalue weighted by Gasteiger charge is -2.17. The van der Waals surface area contributed by atoms with Gasteiger partial charge in [-0.15, -0.1) is 0 Å². The van der Waals surface area contributed by atoms with Gasteiger partial charge in [-0.2, -0.15) is 0 Å². The van der Waals surface area contributed by atoms with Gasteiger partial charge in [0.2, 0.25) is 0 Å². The molecule has 0 radical (unpaired) electrons. The zero-order chi connectivity index (χ0) is 17.2. The van der Waals surface area contributed by atoms with Crippen molar-refractivity contribution in [3.8, 4) is 5.75 Å². The van der Waals surface area contributed by atoms with Gasteiger partial charge in [0, 0.05) is 19.8 Å². The Morgan fingerprint density at radius 2 is 1.96 bits per heavy atom. The Morgan fingerprint density at radius 1 is 1.17 bits per heavy atom. The molecule has 5 heteroatoms. The van der Waals surface area contributed by atoms with Crippen LogP contribution >= 0.6 is 0 Å². The molecule has 0 aliphatic rings. The van der Waals surface area contributed by atoms with Gasteiger partial charge in [-0.25, -0.2) is 4.79 Å². The van der Waals surface area contributed by atoms with Crippen LogP contribution in [0.1, 0.15) is 24.1 Å². The number of benzene rings is 1. The predicted molar refractivity (Wildman–Crippen MR) is 95.0 cm³/mol. The average Bonchev–Trinajstić information content (AvgIpc) is 2.60. The molecule has 2 amide bonds. The fraction of sp³-hybridized carbons (Fsp3) is 0.368. The molecular weight excluding hydrogens is 302 g/mol. The first-order valence-corrected chi connectivity index (χ1v) is 8.23. The molecule has 1 N–H and O–H groups in total. The Morgan fingerprint density at radius 3 is 2.67 bits per heavy atom. The molecule has 1 heterocycles. The van der Waals surface area contributed by atoms with Gasteiger partial charge in [0.1, 0.15) is 5.75 Å². The number of nitrogens with zero attached hydrogens (tertiary/aromatic N) is 2. The third-order valence-electron chi connectivity index (χ3n) is 3.61. The third-order valence-corrected chi connectivity index (χ3v) is 3.61. The maximum atomic E-state index is 12.0. The van der Waals surface area contributed by atoms with Crippen molar-refractivity contribution in [1.82, 2.24) is 15.2 Å². The van der Waals surface area contributed by atoms with Crippen molar-refractivity contribution in [1.29, 1.82) is 0 Å². The van der Waals surface area contributed by atoms with Crippen molar-refractivity contribution in [2.45, 2.75) is 26.3 Å². The van der Waals surface area contributed by atoms with Crippen LogP contribution in [-0.2, 0) is 6.54 Å². The molecule has 0 saturated carbocycles. The van der Waals surface area contributed by atoms with Gasteiger partial charge in [-0.3, -0.25) is 4.98 Å². The highest BCUT2D eigenvalue weighted by molar-refractivity contribution is 5.73. The van der Waals surface area contributed by atoms with Crippen molar-refractivity contribution < 1.29 is 9.53 Å². The normalized spacial score (nSPS) is 10.2. The van der Waals surface area contributed by atoms with Crippen LogP contribution in [0.2, 0.25) is 0 Å². The van der Waals surface area contributed by atoms with Gasteiger partial charge in [0.05, 0.1) is 18.8 Å². The smallest absolute Gasteiger partial charge is 0.317 e. The zero-order valence-electron chi connectivity index (χ0n) is 14.4. The molecule has 1 aromatic carbocycles. The molecule has 0 spiro atoms. The monoisotopic (exact) mass is 327 g/mol. The molecule has 24 heavy (non-hydrogen) atoms. The van der Waals surface area contributed by atoms with E-state index in [1.807, 2.05) is 42.5 Å². The first kappa shape index (κ1) is 17.8. The van der Waals surface area contributed by atoms with Crippen molar-refractivity contribution in [2.24, 2.45) is 0 Å². The molecule has 0 atom stereocenters. The summed E-state index contributed by atoms with van der Waals surface area (Å²) < 4.78 is 5.66. The summed E-state index contributed by atoms with van der Waals surface area (Å²) >= 11 is 0. The van der Waals surface area contributed by atoms with Gasteiger partial charge < -0.3 is 15.0 Å². The summed E-state index contributed by atoms with van der Waals surface area (Å²) in [6, 6.07) is 13.6. The van der Waals surface area contributed by atoms with Gasteiger partial charge in [-0.1, -0.05) is 23.8 Å². The fourth-order valence-corrected chi connectivity index (χ4v) is 2.19. The Bertz CT molecular complexity index is 614. The Balaban J connectivity index is 1.56. The minimum absolute atomic E-state index is 0.0832. The number of amides is 2. The van der Waals surface area contributed by atoms with Gasteiger partial charge in [0.15, 0.2) is 0 Å². The van der Waals surface area contributed by atoms with Crippen molar-refractivity contribution >= 4 is 6.03 Å². The number of aryl methyl sites for hydroxylation is 1. The summed E-state index contributed by atoms with van der Waals surface area (Å²) in [5.41, 5.74) is 2.10. The second-order valence-electron chi connectivity index (χ2n) is 5.78. The Hall–Kier alpha value is -2.56. The summed E-state index contributed by atoms with van der Waals surface area (Å²) in [5.74, 6) is 0.889. The van der Waals surface area contributed by atoms with E-state index in [0.717, 1.165) is 24.3 Å². The number of rotatable bonds is 8. The predicted octanol–water partition coefficient (Wildman–Crippen LogP) is 3.39. The van der Waals surface area contributed by atoms with E-state index < -0.39 is 0 Å². The lowest BCUT2D eigenvalue weighted by molar-refractivity contribution is 0.205. The van der Waals surface area contributed by atoms with Crippen molar-refractivity contribution in [3.05, 3.63) is 59.9 Å². The number of hydrogen-bond donors (Lipinski definition) is 1. The number of ether oxygens (including phenoxy) is 1. The molecule has 0 aliphatic carbocycles. The third kappa shape index (κ3) is 6.28. The molecule has 0 aliphatic heterocycles. The Kier molecular flexibility index (Phi) is 7.08. The highest BCUT2D eigenvalue weighted by atomic mass is 16.5.